The summed E-state index contributed by atoms with van der Waals surface area (Å²) in [5.74, 6) is 1.31. The molecule has 1 N–H and O–H groups in total. The van der Waals surface area contributed by atoms with Crippen LogP contribution in [0.4, 0.5) is 5.82 Å². The molecule has 1 amide bonds. The van der Waals surface area contributed by atoms with Crippen LogP contribution in [0.25, 0.3) is 16.9 Å². The van der Waals surface area contributed by atoms with Crippen LogP contribution < -0.4 is 15.2 Å². The van der Waals surface area contributed by atoms with Crippen molar-refractivity contribution < 1.29 is 9.53 Å². The number of methoxy groups -OCH3 is 1. The van der Waals surface area contributed by atoms with Gasteiger partial charge in [-0.2, -0.15) is 9.78 Å². The average molecular weight is 485 g/mol. The van der Waals surface area contributed by atoms with Gasteiger partial charge in [0.2, 0.25) is 0 Å². The zero-order valence-electron chi connectivity index (χ0n) is 20.6. The maximum absolute atomic E-state index is 13.1. The van der Waals surface area contributed by atoms with Gasteiger partial charge in [-0.05, 0) is 61.4 Å². The van der Waals surface area contributed by atoms with Crippen molar-refractivity contribution in [2.45, 2.75) is 13.8 Å². The second-order valence-electron chi connectivity index (χ2n) is 8.86. The first-order chi connectivity index (χ1) is 17.4. The number of nitrogens with zero attached hydrogens (tertiary/aromatic N) is 5. The van der Waals surface area contributed by atoms with Gasteiger partial charge in [0.05, 0.1) is 18.5 Å². The molecular formula is C27H28N6O3. The van der Waals surface area contributed by atoms with E-state index >= 15 is 0 Å². The van der Waals surface area contributed by atoms with Crippen molar-refractivity contribution in [1.29, 1.82) is 0 Å². The molecule has 184 valence electrons. The zero-order chi connectivity index (χ0) is 25.2. The van der Waals surface area contributed by atoms with Gasteiger partial charge in [-0.25, -0.2) is 0 Å². The molecule has 1 aliphatic rings. The lowest BCUT2D eigenvalue weighted by Crippen LogP contribution is -2.49. The summed E-state index contributed by atoms with van der Waals surface area (Å²) in [6.07, 6.45) is 0. The largest absolute Gasteiger partial charge is 0.496 e. The van der Waals surface area contributed by atoms with E-state index in [9.17, 15) is 9.59 Å². The lowest BCUT2D eigenvalue weighted by atomic mass is 10.1. The molecule has 0 saturated carbocycles. The fourth-order valence-electron chi connectivity index (χ4n) is 4.35. The van der Waals surface area contributed by atoms with Crippen LogP contribution in [-0.2, 0) is 0 Å². The highest BCUT2D eigenvalue weighted by molar-refractivity contribution is 5.93. The number of ether oxygens (including phenoxy) is 1. The molecule has 4 aromatic rings. The van der Waals surface area contributed by atoms with Crippen LogP contribution in [0.1, 0.15) is 21.6 Å². The molecule has 36 heavy (non-hydrogen) atoms. The van der Waals surface area contributed by atoms with Gasteiger partial charge in [-0.15, -0.1) is 5.10 Å². The van der Waals surface area contributed by atoms with E-state index in [2.05, 4.69) is 20.2 Å². The summed E-state index contributed by atoms with van der Waals surface area (Å²) in [4.78, 5) is 29.5. The summed E-state index contributed by atoms with van der Waals surface area (Å²) in [6, 6.07) is 18.5. The van der Waals surface area contributed by atoms with Crippen molar-refractivity contribution >= 4 is 11.7 Å². The van der Waals surface area contributed by atoms with Crippen LogP contribution in [-0.4, -0.2) is 64.1 Å². The monoisotopic (exact) mass is 484 g/mol. The Labute approximate surface area is 208 Å². The first-order valence-electron chi connectivity index (χ1n) is 11.9. The van der Waals surface area contributed by atoms with E-state index in [0.717, 1.165) is 22.4 Å². The Morgan fingerprint density at radius 1 is 0.944 bits per heavy atom. The Bertz CT molecular complexity index is 1470. The quantitative estimate of drug-likeness (QED) is 0.467. The first kappa shape index (κ1) is 23.3. The number of nitrogens with one attached hydrogen (secondary N) is 1. The third kappa shape index (κ3) is 4.47. The summed E-state index contributed by atoms with van der Waals surface area (Å²) < 4.78 is 6.85. The van der Waals surface area contributed by atoms with Crippen LogP contribution >= 0.6 is 0 Å². The number of benzene rings is 2. The highest BCUT2D eigenvalue weighted by Gasteiger charge is 2.25. The average Bonchev–Trinajstić information content (AvgIpc) is 3.40. The molecule has 0 aliphatic carbocycles. The minimum Gasteiger partial charge on any atom is -0.496 e. The lowest BCUT2D eigenvalue weighted by molar-refractivity contribution is 0.0740. The normalized spacial score (nSPS) is 13.6. The molecule has 2 aromatic heterocycles. The fraction of sp³-hybridized carbons (Fsp3) is 0.259. The minimum atomic E-state index is -0.180. The van der Waals surface area contributed by atoms with Crippen LogP contribution in [0, 0.1) is 13.8 Å². The number of hydrogen-bond donors (Lipinski definition) is 1. The molecule has 0 atom stereocenters. The van der Waals surface area contributed by atoms with Crippen molar-refractivity contribution in [3.8, 4) is 22.7 Å². The van der Waals surface area contributed by atoms with Crippen molar-refractivity contribution in [1.82, 2.24) is 24.9 Å². The van der Waals surface area contributed by atoms with Crippen molar-refractivity contribution in [2.75, 3.05) is 38.2 Å². The molecule has 1 fully saturated rings. The molecule has 2 aromatic carbocycles. The van der Waals surface area contributed by atoms with Crippen molar-refractivity contribution in [3.63, 3.8) is 0 Å². The summed E-state index contributed by atoms with van der Waals surface area (Å²) in [5.41, 5.74) is 4.75. The van der Waals surface area contributed by atoms with Crippen LogP contribution in [0.5, 0.6) is 5.75 Å². The number of anilines is 1. The number of rotatable bonds is 5. The van der Waals surface area contributed by atoms with Gasteiger partial charge in [-0.3, -0.25) is 14.7 Å². The molecule has 3 heterocycles. The van der Waals surface area contributed by atoms with Gasteiger partial charge in [0.15, 0.2) is 0 Å². The Morgan fingerprint density at radius 3 is 2.47 bits per heavy atom. The molecule has 0 bridgehead atoms. The van der Waals surface area contributed by atoms with Gasteiger partial charge in [0, 0.05) is 37.8 Å². The van der Waals surface area contributed by atoms with E-state index in [1.54, 1.807) is 30.2 Å². The molecule has 5 rings (SSSR count). The predicted molar refractivity (Wildman–Crippen MR) is 138 cm³/mol. The highest BCUT2D eigenvalue weighted by Crippen LogP contribution is 2.28. The van der Waals surface area contributed by atoms with Gasteiger partial charge < -0.3 is 14.5 Å². The number of para-hydroxylation sites is 1. The minimum absolute atomic E-state index is 0.101. The van der Waals surface area contributed by atoms with Gasteiger partial charge in [0.1, 0.15) is 17.3 Å². The van der Waals surface area contributed by atoms with E-state index in [1.165, 1.54) is 4.68 Å². The number of carbonyl (C=O) groups is 1. The number of aryl methyl sites for hydroxylation is 2. The Hall–Kier alpha value is -4.40. The zero-order valence-corrected chi connectivity index (χ0v) is 20.6. The smallest absolute Gasteiger partial charge is 0.272 e. The first-order valence-corrected chi connectivity index (χ1v) is 11.9. The molecular weight excluding hydrogens is 456 g/mol. The van der Waals surface area contributed by atoms with Crippen molar-refractivity contribution in [3.05, 3.63) is 87.8 Å². The van der Waals surface area contributed by atoms with E-state index in [0.29, 0.717) is 49.1 Å². The molecule has 9 heteroatoms. The SMILES string of the molecule is COc1ccccc1-c1cc(C(=O)N2CCN(c3ccc(=O)n(-c4ccc(C)c(C)c4)n3)CC2)[nH]n1. The van der Waals surface area contributed by atoms with Gasteiger partial charge in [-0.1, -0.05) is 18.2 Å². The number of piperazine rings is 1. The molecule has 1 aliphatic heterocycles. The summed E-state index contributed by atoms with van der Waals surface area (Å²) in [7, 11) is 1.61. The maximum atomic E-state index is 13.1. The van der Waals surface area contributed by atoms with Crippen LogP contribution in [0.3, 0.4) is 0 Å². The number of H-pyrrole nitrogens is 1. The van der Waals surface area contributed by atoms with Gasteiger partial charge in [0.25, 0.3) is 11.5 Å². The second-order valence-corrected chi connectivity index (χ2v) is 8.86. The molecule has 9 nitrogen and oxygen atoms in total. The highest BCUT2D eigenvalue weighted by atomic mass is 16.5. The van der Waals surface area contributed by atoms with Crippen LogP contribution in [0.15, 0.2) is 65.5 Å². The predicted octanol–water partition coefficient (Wildman–Crippen LogP) is 3.21. The fourth-order valence-corrected chi connectivity index (χ4v) is 4.35. The van der Waals surface area contributed by atoms with E-state index in [-0.39, 0.29) is 11.5 Å². The standard InChI is InChI=1S/C27H28N6O3/c1-18-8-9-20(16-19(18)2)33-26(34)11-10-25(30-33)31-12-14-32(15-13-31)27(35)23-17-22(28-29-23)21-6-4-5-7-24(21)36-3/h4-11,16-17H,12-15H2,1-3H3,(H,28,29). The number of hydrogen-bond acceptors (Lipinski definition) is 6. The Kier molecular flexibility index (Phi) is 6.28. The summed E-state index contributed by atoms with van der Waals surface area (Å²) >= 11 is 0. The summed E-state index contributed by atoms with van der Waals surface area (Å²) in [6.45, 7) is 6.34. The third-order valence-electron chi connectivity index (χ3n) is 6.60. The van der Waals surface area contributed by atoms with E-state index < -0.39 is 0 Å². The topological polar surface area (TPSA) is 96.4 Å². The molecule has 0 radical (unpaired) electrons. The maximum Gasteiger partial charge on any atom is 0.272 e. The number of carbonyl (C=O) groups excluding carboxylic acids is 1. The summed E-state index contributed by atoms with van der Waals surface area (Å²) in [5, 5.41) is 11.8. The molecule has 1 saturated heterocycles. The number of amides is 1. The molecule has 0 unspecified atom stereocenters. The Morgan fingerprint density at radius 2 is 1.72 bits per heavy atom. The Balaban J connectivity index is 1.28. The third-order valence-corrected chi connectivity index (χ3v) is 6.60. The van der Waals surface area contributed by atoms with E-state index in [4.69, 9.17) is 4.74 Å². The number of aromatic amines is 1. The molecule has 0 spiro atoms. The van der Waals surface area contributed by atoms with Crippen molar-refractivity contribution in [2.24, 2.45) is 0 Å². The van der Waals surface area contributed by atoms with E-state index in [1.807, 2.05) is 56.3 Å². The number of aromatic nitrogens is 4. The second kappa shape index (κ2) is 9.69. The van der Waals surface area contributed by atoms with Gasteiger partial charge >= 0.3 is 0 Å². The lowest BCUT2D eigenvalue weighted by Gasteiger charge is -2.35. The van der Waals surface area contributed by atoms with Crippen LogP contribution in [0.2, 0.25) is 0 Å².